The highest BCUT2D eigenvalue weighted by Gasteiger charge is 2.13. The fraction of sp³-hybridized carbons (Fsp3) is 0.130. The van der Waals surface area contributed by atoms with Crippen LogP contribution in [0.5, 0.6) is 0 Å². The number of fused-ring (bicyclic) bond motifs is 1. The molecule has 150 valence electrons. The van der Waals surface area contributed by atoms with Crippen molar-refractivity contribution in [1.82, 2.24) is 15.4 Å². The second kappa shape index (κ2) is 8.42. The Kier molecular flexibility index (Phi) is 5.54. The highest BCUT2D eigenvalue weighted by Crippen LogP contribution is 2.25. The number of thiophene rings is 1. The lowest BCUT2D eigenvalue weighted by molar-refractivity contribution is -0.120. The molecule has 0 aliphatic heterocycles. The summed E-state index contributed by atoms with van der Waals surface area (Å²) >= 11 is 1.46. The van der Waals surface area contributed by atoms with Crippen molar-refractivity contribution in [2.75, 3.05) is 0 Å². The summed E-state index contributed by atoms with van der Waals surface area (Å²) in [7, 11) is 0. The molecule has 0 aliphatic rings. The zero-order valence-corrected chi connectivity index (χ0v) is 17.4. The molecule has 0 fully saturated rings. The minimum Gasteiger partial charge on any atom is -0.309 e. The van der Waals surface area contributed by atoms with Crippen LogP contribution in [0.3, 0.4) is 0 Å². The minimum absolute atomic E-state index is 0.0501. The van der Waals surface area contributed by atoms with Crippen molar-refractivity contribution in [1.29, 1.82) is 0 Å². The van der Waals surface area contributed by atoms with Gasteiger partial charge >= 0.3 is 0 Å². The van der Waals surface area contributed by atoms with Crippen molar-refractivity contribution in [3.05, 3.63) is 86.8 Å². The number of aryl methyl sites for hydroxylation is 2. The molecule has 0 unspecified atom stereocenters. The number of hydrazone groups is 1. The molecular formula is C23H20N4O2S. The Hall–Kier alpha value is -3.58. The van der Waals surface area contributed by atoms with Gasteiger partial charge in [0.2, 0.25) is 5.91 Å². The summed E-state index contributed by atoms with van der Waals surface area (Å²) in [6.07, 6.45) is 1.53. The first-order chi connectivity index (χ1) is 14.5. The summed E-state index contributed by atoms with van der Waals surface area (Å²) in [5, 5.41) is 4.60. The van der Waals surface area contributed by atoms with E-state index in [0.29, 0.717) is 16.0 Å². The average molecular weight is 417 g/mol. The van der Waals surface area contributed by atoms with Gasteiger partial charge in [-0.2, -0.15) is 5.10 Å². The van der Waals surface area contributed by atoms with Gasteiger partial charge in [0.15, 0.2) is 0 Å². The number of rotatable bonds is 5. The van der Waals surface area contributed by atoms with Crippen molar-refractivity contribution < 1.29 is 4.79 Å². The zero-order chi connectivity index (χ0) is 21.1. The highest BCUT2D eigenvalue weighted by atomic mass is 32.1. The molecule has 2 aromatic heterocycles. The number of benzene rings is 2. The Bertz CT molecular complexity index is 1290. The number of aromatic amines is 1. The van der Waals surface area contributed by atoms with E-state index in [0.717, 1.165) is 27.1 Å². The summed E-state index contributed by atoms with van der Waals surface area (Å²) in [4.78, 5) is 33.3. The van der Waals surface area contributed by atoms with Crippen LogP contribution in [0, 0.1) is 13.8 Å². The van der Waals surface area contributed by atoms with Gasteiger partial charge in [-0.1, -0.05) is 54.6 Å². The maximum Gasteiger partial charge on any atom is 0.259 e. The molecule has 30 heavy (non-hydrogen) atoms. The van der Waals surface area contributed by atoms with Gasteiger partial charge in [-0.05, 0) is 36.1 Å². The lowest BCUT2D eigenvalue weighted by Gasteiger charge is -2.02. The molecule has 1 amide bonds. The highest BCUT2D eigenvalue weighted by molar-refractivity contribution is 7.18. The van der Waals surface area contributed by atoms with Crippen molar-refractivity contribution >= 4 is 33.7 Å². The molecule has 0 saturated heterocycles. The molecule has 0 atom stereocenters. The summed E-state index contributed by atoms with van der Waals surface area (Å²) in [6, 6.07) is 18.0. The standard InChI is InChI=1S/C23H20N4O2S/c1-14-15(2)30-23-21(14)22(29)25-19(26-23)12-20(28)27-24-13-16-8-10-18(11-9-16)17-6-4-3-5-7-17/h3-11,13H,12H2,1-2H3,(H,27,28)(H,25,26,29)/b24-13-. The van der Waals surface area contributed by atoms with Crippen LogP contribution in [-0.2, 0) is 11.2 Å². The molecule has 0 spiro atoms. The molecule has 2 heterocycles. The van der Waals surface area contributed by atoms with Crippen molar-refractivity contribution in [3.63, 3.8) is 0 Å². The predicted molar refractivity (Wildman–Crippen MR) is 121 cm³/mol. The SMILES string of the molecule is Cc1sc2nc(CC(=O)N/N=C\c3ccc(-c4ccccc4)cc3)[nH]c(=O)c2c1C. The largest absolute Gasteiger partial charge is 0.309 e. The van der Waals surface area contributed by atoms with Gasteiger partial charge in [-0.25, -0.2) is 10.4 Å². The van der Waals surface area contributed by atoms with Gasteiger partial charge in [-0.15, -0.1) is 11.3 Å². The van der Waals surface area contributed by atoms with Crippen LogP contribution in [0.4, 0.5) is 0 Å². The first-order valence-electron chi connectivity index (χ1n) is 9.47. The number of nitrogens with one attached hydrogen (secondary N) is 2. The monoisotopic (exact) mass is 416 g/mol. The topological polar surface area (TPSA) is 87.2 Å². The summed E-state index contributed by atoms with van der Waals surface area (Å²) < 4.78 is 0. The molecule has 6 nitrogen and oxygen atoms in total. The summed E-state index contributed by atoms with van der Waals surface area (Å²) in [6.45, 7) is 3.85. The molecule has 0 aliphatic carbocycles. The maximum absolute atomic E-state index is 12.3. The fourth-order valence-electron chi connectivity index (χ4n) is 3.15. The Labute approximate surface area is 177 Å². The second-order valence-electron chi connectivity index (χ2n) is 6.93. The van der Waals surface area contributed by atoms with Crippen molar-refractivity contribution in [2.24, 2.45) is 5.10 Å². The van der Waals surface area contributed by atoms with E-state index in [2.05, 4.69) is 32.6 Å². The van der Waals surface area contributed by atoms with Crippen LogP contribution >= 0.6 is 11.3 Å². The molecule has 2 aromatic carbocycles. The number of carbonyl (C=O) groups is 1. The number of hydrogen-bond donors (Lipinski definition) is 2. The van der Waals surface area contributed by atoms with Crippen LogP contribution < -0.4 is 11.0 Å². The van der Waals surface area contributed by atoms with Gasteiger partial charge < -0.3 is 4.98 Å². The lowest BCUT2D eigenvalue weighted by Crippen LogP contribution is -2.23. The van der Waals surface area contributed by atoms with Crippen LogP contribution in [0.25, 0.3) is 21.3 Å². The number of nitrogens with zero attached hydrogens (tertiary/aromatic N) is 2. The van der Waals surface area contributed by atoms with E-state index in [-0.39, 0.29) is 17.9 Å². The smallest absolute Gasteiger partial charge is 0.259 e. The Balaban J connectivity index is 1.39. The third-order valence-electron chi connectivity index (χ3n) is 4.84. The van der Waals surface area contributed by atoms with Crippen LogP contribution in [0.15, 0.2) is 64.5 Å². The fourth-order valence-corrected chi connectivity index (χ4v) is 4.19. The molecule has 2 N–H and O–H groups in total. The maximum atomic E-state index is 12.3. The third-order valence-corrected chi connectivity index (χ3v) is 5.94. The van der Waals surface area contributed by atoms with Crippen LogP contribution in [0.1, 0.15) is 21.8 Å². The van der Waals surface area contributed by atoms with Crippen molar-refractivity contribution in [2.45, 2.75) is 20.3 Å². The quantitative estimate of drug-likeness (QED) is 0.381. The summed E-state index contributed by atoms with van der Waals surface area (Å²) in [5.74, 6) is -0.0201. The molecule has 0 saturated carbocycles. The number of amides is 1. The Morgan fingerprint density at radius 2 is 1.80 bits per heavy atom. The van der Waals surface area contributed by atoms with Gasteiger partial charge in [-0.3, -0.25) is 9.59 Å². The number of H-pyrrole nitrogens is 1. The first kappa shape index (κ1) is 19.7. The first-order valence-corrected chi connectivity index (χ1v) is 10.3. The normalized spacial score (nSPS) is 11.3. The second-order valence-corrected chi connectivity index (χ2v) is 8.14. The van der Waals surface area contributed by atoms with E-state index in [1.807, 2.05) is 56.3 Å². The van der Waals surface area contributed by atoms with Crippen molar-refractivity contribution in [3.8, 4) is 11.1 Å². The van der Waals surface area contributed by atoms with Gasteiger partial charge in [0.05, 0.1) is 18.0 Å². The van der Waals surface area contributed by atoms with Crippen LogP contribution in [-0.4, -0.2) is 22.1 Å². The average Bonchev–Trinajstić information content (AvgIpc) is 3.03. The van der Waals surface area contributed by atoms with Gasteiger partial charge in [0.25, 0.3) is 5.56 Å². The Morgan fingerprint density at radius 3 is 2.53 bits per heavy atom. The molecule has 7 heteroatoms. The van der Waals surface area contributed by atoms with E-state index < -0.39 is 0 Å². The lowest BCUT2D eigenvalue weighted by atomic mass is 10.0. The number of aromatic nitrogens is 2. The van der Waals surface area contributed by atoms with E-state index in [1.165, 1.54) is 11.3 Å². The molecule has 0 radical (unpaired) electrons. The molecule has 4 aromatic rings. The number of carbonyl (C=O) groups excluding carboxylic acids is 1. The number of hydrogen-bond acceptors (Lipinski definition) is 5. The summed E-state index contributed by atoms with van der Waals surface area (Å²) in [5.41, 5.74) is 6.32. The Morgan fingerprint density at radius 1 is 1.10 bits per heavy atom. The van der Waals surface area contributed by atoms with E-state index in [1.54, 1.807) is 6.21 Å². The predicted octanol–water partition coefficient (Wildman–Crippen LogP) is 3.96. The van der Waals surface area contributed by atoms with E-state index in [4.69, 9.17) is 0 Å². The van der Waals surface area contributed by atoms with Crippen LogP contribution in [0.2, 0.25) is 0 Å². The van der Waals surface area contributed by atoms with E-state index >= 15 is 0 Å². The molecular weight excluding hydrogens is 396 g/mol. The third kappa shape index (κ3) is 4.21. The molecule has 0 bridgehead atoms. The van der Waals surface area contributed by atoms with E-state index in [9.17, 15) is 9.59 Å². The minimum atomic E-state index is -0.348. The van der Waals surface area contributed by atoms with Gasteiger partial charge in [0, 0.05) is 4.88 Å². The molecule has 4 rings (SSSR count). The zero-order valence-electron chi connectivity index (χ0n) is 16.6. The van der Waals surface area contributed by atoms with Gasteiger partial charge in [0.1, 0.15) is 10.7 Å².